The molecule has 0 spiro atoms. The third-order valence-electron chi connectivity index (χ3n) is 4.90. The normalized spacial score (nSPS) is 19.2. The lowest BCUT2D eigenvalue weighted by Gasteiger charge is -2.32. The van der Waals surface area contributed by atoms with E-state index >= 15 is 0 Å². The van der Waals surface area contributed by atoms with Crippen LogP contribution >= 0.6 is 12.4 Å². The minimum absolute atomic E-state index is 0. The van der Waals surface area contributed by atoms with Gasteiger partial charge < -0.3 is 21.1 Å². The summed E-state index contributed by atoms with van der Waals surface area (Å²) in [6.45, 7) is 2.19. The van der Waals surface area contributed by atoms with Crippen LogP contribution in [0.5, 0.6) is 0 Å². The number of benzene rings is 2. The number of hydrogen-bond donors (Lipinski definition) is 4. The molecule has 1 heterocycles. The molecule has 0 aliphatic carbocycles. The standard InChI is InChI=1S/C21H27N3O2.ClH/c25-20(24-16-21(26)12-7-13-22-15-21)23-14-19(17-8-3-1-4-9-17)18-10-5-2-6-11-18;/h1-6,8-11,19,22,26H,7,12-16H2,(H2,23,24,25);1H. The number of β-amino-alcohol motifs (C(OH)–C–C–N with tert-alkyl or cyclic N) is 1. The van der Waals surface area contributed by atoms with Crippen LogP contribution in [0.15, 0.2) is 60.7 Å². The summed E-state index contributed by atoms with van der Waals surface area (Å²) in [5.74, 6) is 0.0857. The first-order valence-corrected chi connectivity index (χ1v) is 9.21. The highest BCUT2D eigenvalue weighted by atomic mass is 35.5. The minimum atomic E-state index is -0.853. The maximum absolute atomic E-state index is 12.2. The van der Waals surface area contributed by atoms with Gasteiger partial charge in [-0.15, -0.1) is 12.4 Å². The van der Waals surface area contributed by atoms with Gasteiger partial charge in [-0.2, -0.15) is 0 Å². The van der Waals surface area contributed by atoms with Crippen LogP contribution in [-0.2, 0) is 0 Å². The molecule has 0 saturated carbocycles. The van der Waals surface area contributed by atoms with Crippen LogP contribution in [-0.4, -0.2) is 42.9 Å². The molecule has 0 radical (unpaired) electrons. The van der Waals surface area contributed by atoms with Gasteiger partial charge in [-0.25, -0.2) is 4.79 Å². The van der Waals surface area contributed by atoms with Crippen LogP contribution in [0.1, 0.15) is 29.9 Å². The first-order chi connectivity index (χ1) is 12.7. The average Bonchev–Trinajstić information content (AvgIpc) is 2.69. The lowest BCUT2D eigenvalue weighted by molar-refractivity contribution is 0.0194. The van der Waals surface area contributed by atoms with Gasteiger partial charge >= 0.3 is 6.03 Å². The quantitative estimate of drug-likeness (QED) is 0.613. The van der Waals surface area contributed by atoms with E-state index in [9.17, 15) is 9.90 Å². The molecule has 146 valence electrons. The molecule has 1 fully saturated rings. The molecular formula is C21H28ClN3O2. The molecule has 2 aromatic carbocycles. The van der Waals surface area contributed by atoms with Crippen molar-refractivity contribution in [2.45, 2.75) is 24.4 Å². The van der Waals surface area contributed by atoms with Gasteiger partial charge in [0.05, 0.1) is 5.60 Å². The van der Waals surface area contributed by atoms with E-state index in [4.69, 9.17) is 0 Å². The molecule has 2 aromatic rings. The second-order valence-corrected chi connectivity index (χ2v) is 6.94. The maximum atomic E-state index is 12.2. The van der Waals surface area contributed by atoms with Crippen molar-refractivity contribution in [3.05, 3.63) is 71.8 Å². The summed E-state index contributed by atoms with van der Waals surface area (Å²) in [7, 11) is 0. The fourth-order valence-corrected chi connectivity index (χ4v) is 3.40. The van der Waals surface area contributed by atoms with E-state index in [1.165, 1.54) is 0 Å². The number of carbonyl (C=O) groups excluding carboxylic acids is 1. The first-order valence-electron chi connectivity index (χ1n) is 9.21. The lowest BCUT2D eigenvalue weighted by Crippen LogP contribution is -2.54. The van der Waals surface area contributed by atoms with E-state index in [0.29, 0.717) is 19.5 Å². The molecule has 0 bridgehead atoms. The topological polar surface area (TPSA) is 73.4 Å². The van der Waals surface area contributed by atoms with Gasteiger partial charge in [-0.3, -0.25) is 0 Å². The number of hydrogen-bond acceptors (Lipinski definition) is 3. The summed E-state index contributed by atoms with van der Waals surface area (Å²) < 4.78 is 0. The van der Waals surface area contributed by atoms with E-state index in [-0.39, 0.29) is 30.9 Å². The van der Waals surface area contributed by atoms with E-state index in [1.807, 2.05) is 36.4 Å². The number of nitrogens with one attached hydrogen (secondary N) is 3. The monoisotopic (exact) mass is 389 g/mol. The van der Waals surface area contributed by atoms with Crippen LogP contribution in [0, 0.1) is 0 Å². The number of urea groups is 1. The van der Waals surface area contributed by atoms with Crippen molar-refractivity contribution in [3.8, 4) is 0 Å². The molecule has 3 rings (SSSR count). The van der Waals surface area contributed by atoms with E-state index < -0.39 is 5.60 Å². The Hall–Kier alpha value is -2.08. The van der Waals surface area contributed by atoms with Gasteiger partial charge in [0.25, 0.3) is 0 Å². The number of halogens is 1. The minimum Gasteiger partial charge on any atom is -0.387 e. The van der Waals surface area contributed by atoms with Crippen LogP contribution in [0.2, 0.25) is 0 Å². The van der Waals surface area contributed by atoms with Crippen molar-refractivity contribution in [1.29, 1.82) is 0 Å². The van der Waals surface area contributed by atoms with Crippen molar-refractivity contribution in [3.63, 3.8) is 0 Å². The molecule has 6 heteroatoms. The molecule has 1 atom stereocenters. The summed E-state index contributed by atoms with van der Waals surface area (Å²) in [6.07, 6.45) is 1.63. The Morgan fingerprint density at radius 2 is 1.63 bits per heavy atom. The zero-order valence-electron chi connectivity index (χ0n) is 15.4. The number of piperidine rings is 1. The van der Waals surface area contributed by atoms with E-state index in [1.54, 1.807) is 0 Å². The zero-order chi connectivity index (χ0) is 18.2. The third-order valence-corrected chi connectivity index (χ3v) is 4.90. The Morgan fingerprint density at radius 3 is 2.15 bits per heavy atom. The predicted molar refractivity (Wildman–Crippen MR) is 110 cm³/mol. The third kappa shape index (κ3) is 6.24. The molecular weight excluding hydrogens is 362 g/mol. The number of rotatable bonds is 6. The fraction of sp³-hybridized carbons (Fsp3) is 0.381. The van der Waals surface area contributed by atoms with Gasteiger partial charge in [0.15, 0.2) is 0 Å². The second-order valence-electron chi connectivity index (χ2n) is 6.94. The Kier molecular flexibility index (Phi) is 8.10. The highest BCUT2D eigenvalue weighted by Crippen LogP contribution is 2.23. The van der Waals surface area contributed by atoms with Crippen molar-refractivity contribution >= 4 is 18.4 Å². The number of aliphatic hydroxyl groups is 1. The van der Waals surface area contributed by atoms with Crippen LogP contribution < -0.4 is 16.0 Å². The Morgan fingerprint density at radius 1 is 1.04 bits per heavy atom. The molecule has 1 unspecified atom stereocenters. The van der Waals surface area contributed by atoms with Gasteiger partial charge in [-0.05, 0) is 30.5 Å². The van der Waals surface area contributed by atoms with Crippen molar-refractivity contribution in [1.82, 2.24) is 16.0 Å². The van der Waals surface area contributed by atoms with Crippen molar-refractivity contribution in [2.75, 3.05) is 26.2 Å². The molecule has 27 heavy (non-hydrogen) atoms. The Labute approximate surface area is 167 Å². The predicted octanol–water partition coefficient (Wildman–Crippen LogP) is 2.65. The van der Waals surface area contributed by atoms with Gasteiger partial charge in [0, 0.05) is 25.6 Å². The first kappa shape index (κ1) is 21.2. The van der Waals surface area contributed by atoms with Gasteiger partial charge in [0.1, 0.15) is 0 Å². The molecule has 2 amide bonds. The molecule has 1 aliphatic heterocycles. The zero-order valence-corrected chi connectivity index (χ0v) is 16.2. The van der Waals surface area contributed by atoms with Crippen molar-refractivity contribution in [2.24, 2.45) is 0 Å². The lowest BCUT2D eigenvalue weighted by atomic mass is 9.91. The molecule has 0 aromatic heterocycles. The highest BCUT2D eigenvalue weighted by molar-refractivity contribution is 5.85. The summed E-state index contributed by atoms with van der Waals surface area (Å²) in [5, 5.41) is 19.4. The van der Waals surface area contributed by atoms with Crippen molar-refractivity contribution < 1.29 is 9.90 Å². The number of carbonyl (C=O) groups is 1. The fourth-order valence-electron chi connectivity index (χ4n) is 3.40. The van der Waals surface area contributed by atoms with Gasteiger partial charge in [0.2, 0.25) is 0 Å². The molecule has 5 nitrogen and oxygen atoms in total. The maximum Gasteiger partial charge on any atom is 0.314 e. The van der Waals surface area contributed by atoms with Crippen LogP contribution in [0.25, 0.3) is 0 Å². The van der Waals surface area contributed by atoms with Crippen LogP contribution in [0.3, 0.4) is 0 Å². The summed E-state index contributed by atoms with van der Waals surface area (Å²) in [6, 6.07) is 20.1. The largest absolute Gasteiger partial charge is 0.387 e. The van der Waals surface area contributed by atoms with E-state index in [0.717, 1.165) is 24.1 Å². The SMILES string of the molecule is Cl.O=C(NCC(c1ccccc1)c1ccccc1)NCC1(O)CCCNC1. The van der Waals surface area contributed by atoms with Crippen LogP contribution in [0.4, 0.5) is 4.79 Å². The molecule has 4 N–H and O–H groups in total. The highest BCUT2D eigenvalue weighted by Gasteiger charge is 2.29. The average molecular weight is 390 g/mol. The summed E-state index contributed by atoms with van der Waals surface area (Å²) >= 11 is 0. The van der Waals surface area contributed by atoms with Gasteiger partial charge in [-0.1, -0.05) is 60.7 Å². The molecule has 1 aliphatic rings. The Bertz CT molecular complexity index is 652. The number of amides is 2. The summed E-state index contributed by atoms with van der Waals surface area (Å²) in [4.78, 5) is 12.2. The summed E-state index contributed by atoms with van der Waals surface area (Å²) in [5.41, 5.74) is 1.47. The van der Waals surface area contributed by atoms with E-state index in [2.05, 4.69) is 40.2 Å². The second kappa shape index (κ2) is 10.3. The Balaban J connectivity index is 0.00000261. The smallest absolute Gasteiger partial charge is 0.314 e. The molecule has 1 saturated heterocycles.